The summed E-state index contributed by atoms with van der Waals surface area (Å²) in [4.78, 5) is 15.6. The van der Waals surface area contributed by atoms with E-state index in [0.717, 1.165) is 28.4 Å². The summed E-state index contributed by atoms with van der Waals surface area (Å²) in [6.45, 7) is 0.725. The van der Waals surface area contributed by atoms with Crippen LogP contribution in [0.15, 0.2) is 59.5 Å². The SMILES string of the molecule is NC(Cc1ccccc1)C(=O)N1CCSc2ccccc21. The van der Waals surface area contributed by atoms with Crippen molar-refractivity contribution in [3.05, 3.63) is 60.2 Å². The number of fused-ring (bicyclic) bond motifs is 1. The lowest BCUT2D eigenvalue weighted by Crippen LogP contribution is -2.47. The number of thioether (sulfide) groups is 1. The number of hydrogen-bond acceptors (Lipinski definition) is 3. The molecule has 2 aromatic carbocycles. The molecule has 1 heterocycles. The molecule has 1 atom stereocenters. The molecule has 0 fully saturated rings. The third kappa shape index (κ3) is 3.12. The summed E-state index contributed by atoms with van der Waals surface area (Å²) in [6.07, 6.45) is 0.575. The maximum absolute atomic E-state index is 12.7. The molecule has 0 radical (unpaired) electrons. The second-order valence-electron chi connectivity index (χ2n) is 5.10. The van der Waals surface area contributed by atoms with Crippen molar-refractivity contribution in [1.82, 2.24) is 0 Å². The Morgan fingerprint density at radius 1 is 1.14 bits per heavy atom. The number of rotatable bonds is 3. The highest BCUT2D eigenvalue weighted by molar-refractivity contribution is 7.99. The predicted molar refractivity (Wildman–Crippen MR) is 87.6 cm³/mol. The molecular weight excluding hydrogens is 280 g/mol. The maximum Gasteiger partial charge on any atom is 0.244 e. The Labute approximate surface area is 129 Å². The molecule has 21 heavy (non-hydrogen) atoms. The predicted octanol–water partition coefficient (Wildman–Crippen LogP) is 2.70. The van der Waals surface area contributed by atoms with Crippen LogP contribution in [-0.4, -0.2) is 24.2 Å². The first-order valence-electron chi connectivity index (χ1n) is 7.08. The van der Waals surface area contributed by atoms with Gasteiger partial charge in [0, 0.05) is 17.2 Å². The molecule has 1 aliphatic heterocycles. The van der Waals surface area contributed by atoms with Crippen molar-refractivity contribution in [1.29, 1.82) is 0 Å². The van der Waals surface area contributed by atoms with Gasteiger partial charge in [0.1, 0.15) is 0 Å². The lowest BCUT2D eigenvalue weighted by atomic mass is 10.1. The molecule has 1 aliphatic rings. The molecule has 1 amide bonds. The molecule has 0 spiro atoms. The minimum absolute atomic E-state index is 0.00611. The van der Waals surface area contributed by atoms with Crippen molar-refractivity contribution in [3.8, 4) is 0 Å². The average Bonchev–Trinajstić information content (AvgIpc) is 2.54. The largest absolute Gasteiger partial charge is 0.320 e. The highest BCUT2D eigenvalue weighted by Gasteiger charge is 2.26. The first kappa shape index (κ1) is 14.2. The number of anilines is 1. The fraction of sp³-hybridized carbons (Fsp3) is 0.235. The standard InChI is InChI=1S/C17H18N2OS/c18-14(12-13-6-2-1-3-7-13)17(20)19-10-11-21-16-9-5-4-8-15(16)19/h1-9,14H,10-12,18H2. The van der Waals surface area contributed by atoms with Crippen molar-refractivity contribution < 1.29 is 4.79 Å². The summed E-state index contributed by atoms with van der Waals surface area (Å²) < 4.78 is 0. The van der Waals surface area contributed by atoms with Crippen LogP contribution in [0.4, 0.5) is 5.69 Å². The molecule has 4 heteroatoms. The van der Waals surface area contributed by atoms with Gasteiger partial charge in [0.25, 0.3) is 0 Å². The zero-order valence-electron chi connectivity index (χ0n) is 11.7. The monoisotopic (exact) mass is 298 g/mol. The Morgan fingerprint density at radius 3 is 2.67 bits per heavy atom. The number of hydrogen-bond donors (Lipinski definition) is 1. The lowest BCUT2D eigenvalue weighted by Gasteiger charge is -2.31. The van der Waals surface area contributed by atoms with Crippen LogP contribution in [-0.2, 0) is 11.2 Å². The second-order valence-corrected chi connectivity index (χ2v) is 6.24. The molecule has 3 rings (SSSR count). The Morgan fingerprint density at radius 2 is 1.86 bits per heavy atom. The van der Waals surface area contributed by atoms with E-state index in [0.29, 0.717) is 6.42 Å². The Hall–Kier alpha value is -1.78. The van der Waals surface area contributed by atoms with E-state index in [1.165, 1.54) is 0 Å². The van der Waals surface area contributed by atoms with Gasteiger partial charge in [-0.3, -0.25) is 4.79 Å². The van der Waals surface area contributed by atoms with Gasteiger partial charge in [0.05, 0.1) is 11.7 Å². The van der Waals surface area contributed by atoms with E-state index < -0.39 is 6.04 Å². The summed E-state index contributed by atoms with van der Waals surface area (Å²) in [5, 5.41) is 0. The van der Waals surface area contributed by atoms with Gasteiger partial charge in [-0.25, -0.2) is 0 Å². The Bertz CT molecular complexity index is 630. The van der Waals surface area contributed by atoms with Crippen LogP contribution in [0.25, 0.3) is 0 Å². The van der Waals surface area contributed by atoms with Crippen LogP contribution >= 0.6 is 11.8 Å². The Kier molecular flexibility index (Phi) is 4.27. The molecule has 1 unspecified atom stereocenters. The normalized spacial score (nSPS) is 15.4. The third-order valence-electron chi connectivity index (χ3n) is 3.61. The molecule has 0 aromatic heterocycles. The number of nitrogens with zero attached hydrogens (tertiary/aromatic N) is 1. The number of amides is 1. The minimum Gasteiger partial charge on any atom is -0.320 e. The quantitative estimate of drug-likeness (QED) is 0.947. The van der Waals surface area contributed by atoms with Crippen molar-refractivity contribution in [2.75, 3.05) is 17.2 Å². The number of benzene rings is 2. The molecule has 2 N–H and O–H groups in total. The first-order chi connectivity index (χ1) is 10.3. The fourth-order valence-corrected chi connectivity index (χ4v) is 3.55. The Balaban J connectivity index is 1.77. The zero-order valence-corrected chi connectivity index (χ0v) is 12.6. The van der Waals surface area contributed by atoms with E-state index in [1.807, 2.05) is 53.4 Å². The van der Waals surface area contributed by atoms with Crippen molar-refractivity contribution in [2.45, 2.75) is 17.4 Å². The van der Waals surface area contributed by atoms with Crippen molar-refractivity contribution in [3.63, 3.8) is 0 Å². The molecule has 3 nitrogen and oxygen atoms in total. The summed E-state index contributed by atoms with van der Waals surface area (Å²) in [5.41, 5.74) is 8.22. The van der Waals surface area contributed by atoms with E-state index >= 15 is 0 Å². The minimum atomic E-state index is -0.497. The van der Waals surface area contributed by atoms with Gasteiger partial charge in [0.2, 0.25) is 5.91 Å². The molecule has 108 valence electrons. The van der Waals surface area contributed by atoms with Gasteiger partial charge in [-0.2, -0.15) is 0 Å². The van der Waals surface area contributed by atoms with Crippen molar-refractivity contribution in [2.24, 2.45) is 5.73 Å². The number of carbonyl (C=O) groups is 1. The van der Waals surface area contributed by atoms with Gasteiger partial charge in [-0.1, -0.05) is 42.5 Å². The molecular formula is C17H18N2OS. The van der Waals surface area contributed by atoms with Gasteiger partial charge in [-0.15, -0.1) is 11.8 Å². The molecule has 0 aliphatic carbocycles. The second kappa shape index (κ2) is 6.33. The van der Waals surface area contributed by atoms with E-state index in [1.54, 1.807) is 11.8 Å². The maximum atomic E-state index is 12.7. The van der Waals surface area contributed by atoms with Crippen LogP contribution in [0.2, 0.25) is 0 Å². The van der Waals surface area contributed by atoms with Gasteiger partial charge in [0.15, 0.2) is 0 Å². The van der Waals surface area contributed by atoms with E-state index in [4.69, 9.17) is 5.73 Å². The summed E-state index contributed by atoms with van der Waals surface area (Å²) in [5.74, 6) is 0.924. The van der Waals surface area contributed by atoms with Crippen LogP contribution in [0, 0.1) is 0 Å². The zero-order chi connectivity index (χ0) is 14.7. The topological polar surface area (TPSA) is 46.3 Å². The fourth-order valence-electron chi connectivity index (χ4n) is 2.55. The first-order valence-corrected chi connectivity index (χ1v) is 8.07. The summed E-state index contributed by atoms with van der Waals surface area (Å²) in [6, 6.07) is 17.4. The lowest BCUT2D eigenvalue weighted by molar-refractivity contribution is -0.119. The molecule has 2 aromatic rings. The van der Waals surface area contributed by atoms with Gasteiger partial charge < -0.3 is 10.6 Å². The van der Waals surface area contributed by atoms with E-state index in [9.17, 15) is 4.79 Å². The number of para-hydroxylation sites is 1. The molecule has 0 bridgehead atoms. The van der Waals surface area contributed by atoms with E-state index in [2.05, 4.69) is 6.07 Å². The summed E-state index contributed by atoms with van der Waals surface area (Å²) >= 11 is 1.79. The van der Waals surface area contributed by atoms with Crippen LogP contribution in [0.3, 0.4) is 0 Å². The summed E-state index contributed by atoms with van der Waals surface area (Å²) in [7, 11) is 0. The average molecular weight is 298 g/mol. The van der Waals surface area contributed by atoms with E-state index in [-0.39, 0.29) is 5.91 Å². The third-order valence-corrected chi connectivity index (χ3v) is 4.65. The molecule has 0 saturated carbocycles. The highest BCUT2D eigenvalue weighted by atomic mass is 32.2. The van der Waals surface area contributed by atoms with Crippen LogP contribution < -0.4 is 10.6 Å². The molecule has 0 saturated heterocycles. The smallest absolute Gasteiger partial charge is 0.244 e. The van der Waals surface area contributed by atoms with Crippen LogP contribution in [0.5, 0.6) is 0 Å². The van der Waals surface area contributed by atoms with Gasteiger partial charge in [-0.05, 0) is 24.1 Å². The van der Waals surface area contributed by atoms with Crippen LogP contribution in [0.1, 0.15) is 5.56 Å². The van der Waals surface area contributed by atoms with Crippen molar-refractivity contribution >= 4 is 23.4 Å². The van der Waals surface area contributed by atoms with Gasteiger partial charge >= 0.3 is 0 Å². The highest BCUT2D eigenvalue weighted by Crippen LogP contribution is 2.34. The number of nitrogens with two attached hydrogens (primary N) is 1. The number of carbonyl (C=O) groups excluding carboxylic acids is 1.